The van der Waals surface area contributed by atoms with Crippen molar-refractivity contribution in [1.29, 1.82) is 0 Å². The molecule has 0 bridgehead atoms. The van der Waals surface area contributed by atoms with Gasteiger partial charge in [0.1, 0.15) is 29.5 Å². The maximum Gasteiger partial charge on any atom is 0.255 e. The number of aromatic nitrogens is 4. The van der Waals surface area contributed by atoms with Crippen molar-refractivity contribution >= 4 is 29.1 Å². The van der Waals surface area contributed by atoms with E-state index in [4.69, 9.17) is 5.73 Å². The average molecular weight is 514 g/mol. The molecule has 7 N–H and O–H groups in total. The molecule has 3 aliphatic carbocycles. The summed E-state index contributed by atoms with van der Waals surface area (Å²) in [6.07, 6.45) is 0.355. The minimum atomic E-state index is -2.74. The van der Waals surface area contributed by atoms with Crippen LogP contribution < -0.4 is 11.1 Å². The number of carbonyl (C=O) groups is 4. The minimum absolute atomic E-state index is 0.132. The van der Waals surface area contributed by atoms with Crippen LogP contribution in [0.3, 0.4) is 0 Å². The smallest absolute Gasteiger partial charge is 0.255 e. The largest absolute Gasteiger partial charge is 0.511 e. The number of carbonyl (C=O) groups excluding carboxylic acids is 4. The predicted molar refractivity (Wildman–Crippen MR) is 117 cm³/mol. The number of nitrogens with one attached hydrogen (secondary N) is 1. The van der Waals surface area contributed by atoms with Crippen molar-refractivity contribution < 1.29 is 44.0 Å². The van der Waals surface area contributed by atoms with Crippen LogP contribution in [0.25, 0.3) is 0 Å². The van der Waals surface area contributed by atoms with Crippen LogP contribution in [-0.4, -0.2) is 69.6 Å². The molecule has 37 heavy (non-hydrogen) atoms. The Morgan fingerprint density at radius 3 is 2.62 bits per heavy atom. The molecule has 0 saturated carbocycles. The summed E-state index contributed by atoms with van der Waals surface area (Å²) >= 11 is 0. The number of ketones is 2. The van der Waals surface area contributed by atoms with Gasteiger partial charge in [-0.25, -0.2) is 4.39 Å². The van der Waals surface area contributed by atoms with E-state index in [1.807, 2.05) is 0 Å². The molecule has 0 fully saturated rings. The van der Waals surface area contributed by atoms with Gasteiger partial charge in [-0.05, 0) is 24.0 Å². The number of aliphatic hydroxyl groups excluding tert-OH is 2. The first-order valence-electron chi connectivity index (χ1n) is 11.0. The number of hydrogen-bond acceptors (Lipinski definition) is 11. The van der Waals surface area contributed by atoms with Crippen LogP contribution in [0.2, 0.25) is 0 Å². The molecule has 3 atom stereocenters. The van der Waals surface area contributed by atoms with E-state index in [9.17, 15) is 39.6 Å². The van der Waals surface area contributed by atoms with Crippen molar-refractivity contribution in [2.24, 2.45) is 17.6 Å². The molecule has 1 unspecified atom stereocenters. The second-order valence-electron chi connectivity index (χ2n) is 9.03. The van der Waals surface area contributed by atoms with Crippen molar-refractivity contribution in [3.8, 4) is 5.75 Å². The SMILES string of the molecule is NC(=O)C1=C(O)C[C@@H]2CC3Cc4c(F)cc(NC(=O)Cn5ncnn5)c(O)c4C(=O)C3=C(O)[C@]2(O)C1=O. The second kappa shape index (κ2) is 8.19. The fourth-order valence-corrected chi connectivity index (χ4v) is 5.32. The van der Waals surface area contributed by atoms with Gasteiger partial charge in [-0.15, -0.1) is 10.2 Å². The van der Waals surface area contributed by atoms with Crippen LogP contribution in [-0.2, 0) is 27.3 Å². The number of fused-ring (bicyclic) bond motifs is 3. The number of phenolic OH excluding ortho intramolecular Hbond substituents is 1. The molecule has 2 aromatic rings. The van der Waals surface area contributed by atoms with Crippen LogP contribution in [0, 0.1) is 17.7 Å². The summed E-state index contributed by atoms with van der Waals surface area (Å²) in [5, 5.41) is 56.0. The minimum Gasteiger partial charge on any atom is -0.511 e. The molecule has 1 aromatic heterocycles. The highest BCUT2D eigenvalue weighted by Gasteiger charge is 2.59. The number of amides is 2. The number of Topliss-reactive ketones (excluding diaryl/α,β-unsaturated/α-hetero) is 2. The van der Waals surface area contributed by atoms with Gasteiger partial charge in [-0.2, -0.15) is 4.80 Å². The van der Waals surface area contributed by atoms with Gasteiger partial charge in [0, 0.05) is 29.5 Å². The summed E-state index contributed by atoms with van der Waals surface area (Å²) in [6.45, 7) is -0.431. The molecule has 192 valence electrons. The molecular weight excluding hydrogens is 495 g/mol. The molecular formula is C22H19FN6O8. The Kier molecular flexibility index (Phi) is 5.33. The second-order valence-corrected chi connectivity index (χ2v) is 9.03. The number of benzene rings is 1. The van der Waals surface area contributed by atoms with Crippen molar-refractivity contribution in [3.63, 3.8) is 0 Å². The molecule has 1 aromatic carbocycles. The van der Waals surface area contributed by atoms with E-state index in [1.54, 1.807) is 0 Å². The first-order valence-corrected chi connectivity index (χ1v) is 11.0. The number of hydrogen-bond donors (Lipinski definition) is 6. The third kappa shape index (κ3) is 3.46. The van der Waals surface area contributed by atoms with Gasteiger partial charge in [0.15, 0.2) is 23.5 Å². The predicted octanol–water partition coefficient (Wildman–Crippen LogP) is -0.655. The zero-order valence-corrected chi connectivity index (χ0v) is 18.8. The number of nitrogens with zero attached hydrogens (tertiary/aromatic N) is 4. The molecule has 2 amide bonds. The summed E-state index contributed by atoms with van der Waals surface area (Å²) in [6, 6.07) is 0.833. The first kappa shape index (κ1) is 24.1. The number of allylic oxidation sites excluding steroid dienone is 2. The van der Waals surface area contributed by atoms with Gasteiger partial charge in [0.2, 0.25) is 11.7 Å². The Morgan fingerprint density at radius 1 is 1.24 bits per heavy atom. The Balaban J connectivity index is 1.56. The summed E-state index contributed by atoms with van der Waals surface area (Å²) in [5.41, 5.74) is -0.123. The quantitative estimate of drug-likeness (QED) is 0.221. The Labute approximate surface area is 205 Å². The lowest BCUT2D eigenvalue weighted by molar-refractivity contribution is -0.144. The lowest BCUT2D eigenvalue weighted by Crippen LogP contribution is -2.57. The van der Waals surface area contributed by atoms with Gasteiger partial charge in [-0.1, -0.05) is 0 Å². The number of anilines is 1. The lowest BCUT2D eigenvalue weighted by Gasteiger charge is -2.45. The molecule has 0 aliphatic heterocycles. The lowest BCUT2D eigenvalue weighted by atomic mass is 9.60. The number of primary amides is 1. The van der Waals surface area contributed by atoms with Gasteiger partial charge in [0.05, 0.1) is 11.3 Å². The van der Waals surface area contributed by atoms with Crippen molar-refractivity contribution in [2.45, 2.75) is 31.4 Å². The molecule has 3 aliphatic rings. The van der Waals surface area contributed by atoms with E-state index in [1.165, 1.54) is 0 Å². The number of aromatic hydroxyl groups is 1. The van der Waals surface area contributed by atoms with Gasteiger partial charge < -0.3 is 31.5 Å². The van der Waals surface area contributed by atoms with Crippen LogP contribution in [0.5, 0.6) is 5.75 Å². The molecule has 0 saturated heterocycles. The monoisotopic (exact) mass is 514 g/mol. The number of halogens is 1. The zero-order valence-electron chi connectivity index (χ0n) is 18.8. The van der Waals surface area contributed by atoms with E-state index in [0.717, 1.165) is 17.2 Å². The Bertz CT molecular complexity index is 1470. The van der Waals surface area contributed by atoms with Crippen LogP contribution in [0.1, 0.15) is 28.8 Å². The Hall–Kier alpha value is -4.66. The van der Waals surface area contributed by atoms with Crippen molar-refractivity contribution in [3.05, 3.63) is 52.0 Å². The summed E-state index contributed by atoms with van der Waals surface area (Å²) in [7, 11) is 0. The topological polar surface area (TPSA) is 231 Å². The fourth-order valence-electron chi connectivity index (χ4n) is 5.32. The van der Waals surface area contributed by atoms with Gasteiger partial charge in [0.25, 0.3) is 5.91 Å². The number of nitrogens with two attached hydrogens (primary N) is 1. The van der Waals surface area contributed by atoms with Gasteiger partial charge in [-0.3, -0.25) is 19.2 Å². The maximum atomic E-state index is 15.1. The number of phenols is 1. The first-order chi connectivity index (χ1) is 17.4. The molecule has 0 radical (unpaired) electrons. The summed E-state index contributed by atoms with van der Waals surface area (Å²) in [4.78, 5) is 51.3. The van der Waals surface area contributed by atoms with E-state index in [0.29, 0.717) is 0 Å². The number of aliphatic hydroxyl groups is 3. The third-order valence-electron chi connectivity index (χ3n) is 6.96. The fraction of sp³-hybridized carbons (Fsp3) is 0.318. The normalized spacial score (nSPS) is 24.9. The summed E-state index contributed by atoms with van der Waals surface area (Å²) < 4.78 is 15.1. The summed E-state index contributed by atoms with van der Waals surface area (Å²) in [5.74, 6) is -9.99. The van der Waals surface area contributed by atoms with Crippen molar-refractivity contribution in [2.75, 3.05) is 5.32 Å². The standard InChI is InChI=1S/C22H19FN6O8/c23-10-4-11(27-13(31)5-29-26-6-25-28-29)17(32)15-9(10)2-7-1-8-3-12(30)16(21(24)36)20(35)22(8,37)19(34)14(7)18(15)33/h4,6-8,30,32,34,37H,1-3,5H2,(H2,24,36)(H,27,31)/t7?,8-,22-/m0/s1. The van der Waals surface area contributed by atoms with E-state index < -0.39 is 99.3 Å². The van der Waals surface area contributed by atoms with E-state index in [-0.39, 0.29) is 18.4 Å². The van der Waals surface area contributed by atoms with Crippen molar-refractivity contribution in [1.82, 2.24) is 20.2 Å². The highest BCUT2D eigenvalue weighted by molar-refractivity contribution is 6.24. The van der Waals surface area contributed by atoms with Gasteiger partial charge >= 0.3 is 0 Å². The molecule has 14 nitrogen and oxygen atoms in total. The third-order valence-corrected chi connectivity index (χ3v) is 6.96. The highest BCUT2D eigenvalue weighted by atomic mass is 19.1. The highest BCUT2D eigenvalue weighted by Crippen LogP contribution is 2.52. The van der Waals surface area contributed by atoms with E-state index in [2.05, 4.69) is 20.7 Å². The number of tetrazole rings is 1. The zero-order chi connectivity index (χ0) is 26.8. The number of rotatable bonds is 4. The van der Waals surface area contributed by atoms with E-state index >= 15 is 4.39 Å². The molecule has 15 heteroatoms. The maximum absolute atomic E-state index is 15.1. The molecule has 0 spiro atoms. The van der Waals surface area contributed by atoms with Crippen LogP contribution in [0.15, 0.2) is 35.1 Å². The average Bonchev–Trinajstić information content (AvgIpc) is 3.32. The molecule has 5 rings (SSSR count). The van der Waals surface area contributed by atoms with Crippen LogP contribution in [0.4, 0.5) is 10.1 Å². The molecule has 1 heterocycles. The van der Waals surface area contributed by atoms with Crippen LogP contribution >= 0.6 is 0 Å². The Morgan fingerprint density at radius 2 is 1.97 bits per heavy atom.